The van der Waals surface area contributed by atoms with Crippen molar-refractivity contribution in [2.24, 2.45) is 5.73 Å². The topological polar surface area (TPSA) is 58.4 Å². The molecule has 1 amide bonds. The van der Waals surface area contributed by atoms with Crippen LogP contribution >= 0.6 is 0 Å². The van der Waals surface area contributed by atoms with Crippen molar-refractivity contribution < 1.29 is 4.79 Å². The molecule has 0 saturated carbocycles. The van der Waals surface area contributed by atoms with Crippen LogP contribution in [-0.4, -0.2) is 30.4 Å². The zero-order valence-electron chi connectivity index (χ0n) is 9.58. The first-order valence-corrected chi connectivity index (χ1v) is 5.23. The van der Waals surface area contributed by atoms with Crippen molar-refractivity contribution in [3.8, 4) is 0 Å². The molecule has 0 radical (unpaired) electrons. The summed E-state index contributed by atoms with van der Waals surface area (Å²) in [6, 6.07) is 0.00669. The Bertz CT molecular complexity index is 305. The quantitative estimate of drug-likeness (QED) is 0.714. The number of hydrogen-bond donors (Lipinski definition) is 2. The number of nitrogens with one attached hydrogen (secondary N) is 1. The molecule has 84 valence electrons. The smallest absolute Gasteiger partial charge is 0.225 e. The molecule has 4 nitrogen and oxygen atoms in total. The van der Waals surface area contributed by atoms with Gasteiger partial charge in [-0.15, -0.1) is 0 Å². The highest BCUT2D eigenvalue weighted by atomic mass is 16.1. The van der Waals surface area contributed by atoms with Gasteiger partial charge in [-0.3, -0.25) is 4.79 Å². The van der Waals surface area contributed by atoms with Crippen molar-refractivity contribution in [2.75, 3.05) is 13.6 Å². The molecule has 0 spiro atoms. The van der Waals surface area contributed by atoms with Gasteiger partial charge in [0.15, 0.2) is 0 Å². The predicted molar refractivity (Wildman–Crippen MR) is 60.9 cm³/mol. The van der Waals surface area contributed by atoms with E-state index in [1.807, 2.05) is 31.9 Å². The van der Waals surface area contributed by atoms with Gasteiger partial charge < -0.3 is 16.0 Å². The van der Waals surface area contributed by atoms with Gasteiger partial charge >= 0.3 is 0 Å². The average Bonchev–Trinajstić information content (AvgIpc) is 2.20. The Morgan fingerprint density at radius 3 is 2.93 bits per heavy atom. The summed E-state index contributed by atoms with van der Waals surface area (Å²) in [6.45, 7) is 4.56. The van der Waals surface area contributed by atoms with Gasteiger partial charge in [0.2, 0.25) is 5.91 Å². The molecule has 1 atom stereocenters. The van der Waals surface area contributed by atoms with Gasteiger partial charge in [-0.2, -0.15) is 0 Å². The van der Waals surface area contributed by atoms with Gasteiger partial charge in [0.1, 0.15) is 5.82 Å². The van der Waals surface area contributed by atoms with Crippen LogP contribution in [0.25, 0.3) is 0 Å². The third-order valence-electron chi connectivity index (χ3n) is 2.43. The average molecular weight is 209 g/mol. The molecule has 1 heterocycles. The number of nitrogens with two attached hydrogens (primary N) is 1. The SMILES string of the molecule is CCC(=O)NC1=CC(C(C)N)=CCN1C. The van der Waals surface area contributed by atoms with Crippen molar-refractivity contribution >= 4 is 5.91 Å². The van der Waals surface area contributed by atoms with E-state index in [1.165, 1.54) is 0 Å². The molecule has 0 fully saturated rings. The number of nitrogens with zero attached hydrogens (tertiary/aromatic N) is 1. The molecule has 1 aliphatic heterocycles. The van der Waals surface area contributed by atoms with E-state index in [9.17, 15) is 4.79 Å². The van der Waals surface area contributed by atoms with E-state index < -0.39 is 0 Å². The fourth-order valence-electron chi connectivity index (χ4n) is 1.35. The second-order valence-corrected chi connectivity index (χ2v) is 3.80. The molecule has 1 aliphatic rings. The summed E-state index contributed by atoms with van der Waals surface area (Å²) in [4.78, 5) is 13.3. The van der Waals surface area contributed by atoms with Crippen molar-refractivity contribution in [3.05, 3.63) is 23.5 Å². The Kier molecular flexibility index (Phi) is 3.91. The lowest BCUT2D eigenvalue weighted by molar-refractivity contribution is -0.120. The molecule has 1 rings (SSSR count). The third kappa shape index (κ3) is 3.09. The number of amides is 1. The van der Waals surface area contributed by atoms with Crippen LogP contribution in [0.2, 0.25) is 0 Å². The summed E-state index contributed by atoms with van der Waals surface area (Å²) in [5, 5.41) is 2.85. The van der Waals surface area contributed by atoms with E-state index in [-0.39, 0.29) is 11.9 Å². The van der Waals surface area contributed by atoms with Crippen LogP contribution in [0.4, 0.5) is 0 Å². The van der Waals surface area contributed by atoms with Crippen LogP contribution in [0.1, 0.15) is 20.3 Å². The number of rotatable bonds is 3. The minimum atomic E-state index is 0.00669. The standard InChI is InChI=1S/C11H19N3O/c1-4-11(15)13-10-7-9(8(2)12)5-6-14(10)3/h5,7-8H,4,6,12H2,1-3H3,(H,13,15). The van der Waals surface area contributed by atoms with E-state index in [1.54, 1.807) is 0 Å². The second-order valence-electron chi connectivity index (χ2n) is 3.80. The summed E-state index contributed by atoms with van der Waals surface area (Å²) in [7, 11) is 1.94. The molecule has 3 N–H and O–H groups in total. The Balaban J connectivity index is 2.75. The number of carbonyl (C=O) groups excluding carboxylic acids is 1. The first-order chi connectivity index (χ1) is 7.04. The third-order valence-corrected chi connectivity index (χ3v) is 2.43. The Hall–Kier alpha value is -1.29. The summed E-state index contributed by atoms with van der Waals surface area (Å²) in [5.74, 6) is 0.857. The maximum absolute atomic E-state index is 11.3. The molecule has 15 heavy (non-hydrogen) atoms. The van der Waals surface area contributed by atoms with E-state index in [2.05, 4.69) is 11.4 Å². The molecular formula is C11H19N3O. The van der Waals surface area contributed by atoms with Gasteiger partial charge in [-0.25, -0.2) is 0 Å². The van der Waals surface area contributed by atoms with Crippen molar-refractivity contribution in [1.29, 1.82) is 0 Å². The minimum Gasteiger partial charge on any atom is -0.357 e. The van der Waals surface area contributed by atoms with Crippen molar-refractivity contribution in [2.45, 2.75) is 26.3 Å². The number of likely N-dealkylation sites (N-methyl/N-ethyl adjacent to an activating group) is 1. The lowest BCUT2D eigenvalue weighted by Gasteiger charge is -2.27. The van der Waals surface area contributed by atoms with E-state index in [4.69, 9.17) is 5.73 Å². The van der Waals surface area contributed by atoms with Gasteiger partial charge in [-0.05, 0) is 18.6 Å². The fourth-order valence-corrected chi connectivity index (χ4v) is 1.35. The number of hydrogen-bond acceptors (Lipinski definition) is 3. The van der Waals surface area contributed by atoms with Crippen LogP contribution < -0.4 is 11.1 Å². The summed E-state index contributed by atoms with van der Waals surface area (Å²) >= 11 is 0. The number of carbonyl (C=O) groups is 1. The molecule has 0 aromatic rings. The molecule has 1 unspecified atom stereocenters. The maximum atomic E-state index is 11.3. The van der Waals surface area contributed by atoms with E-state index in [0.29, 0.717) is 6.42 Å². The largest absolute Gasteiger partial charge is 0.357 e. The highest BCUT2D eigenvalue weighted by Crippen LogP contribution is 2.13. The lowest BCUT2D eigenvalue weighted by atomic mass is 10.1. The van der Waals surface area contributed by atoms with Crippen LogP contribution in [0.5, 0.6) is 0 Å². The zero-order chi connectivity index (χ0) is 11.4. The molecule has 0 saturated heterocycles. The summed E-state index contributed by atoms with van der Waals surface area (Å²) < 4.78 is 0. The molecule has 0 bridgehead atoms. The molecule has 0 aromatic carbocycles. The van der Waals surface area contributed by atoms with Gasteiger partial charge in [0.25, 0.3) is 0 Å². The first-order valence-electron chi connectivity index (χ1n) is 5.23. The van der Waals surface area contributed by atoms with Crippen LogP contribution in [-0.2, 0) is 4.79 Å². The van der Waals surface area contributed by atoms with Gasteiger partial charge in [0, 0.05) is 26.1 Å². The molecular weight excluding hydrogens is 190 g/mol. The minimum absolute atomic E-state index is 0.00669. The molecule has 0 aromatic heterocycles. The van der Waals surface area contributed by atoms with Gasteiger partial charge in [0.05, 0.1) is 0 Å². The van der Waals surface area contributed by atoms with E-state index in [0.717, 1.165) is 17.9 Å². The highest BCUT2D eigenvalue weighted by molar-refractivity contribution is 5.77. The zero-order valence-corrected chi connectivity index (χ0v) is 9.58. The maximum Gasteiger partial charge on any atom is 0.225 e. The van der Waals surface area contributed by atoms with Crippen molar-refractivity contribution in [3.63, 3.8) is 0 Å². The first kappa shape index (κ1) is 11.8. The van der Waals surface area contributed by atoms with Gasteiger partial charge in [-0.1, -0.05) is 13.0 Å². The van der Waals surface area contributed by atoms with E-state index >= 15 is 0 Å². The fraction of sp³-hybridized carbons (Fsp3) is 0.545. The predicted octanol–water partition coefficient (Wildman–Crippen LogP) is 0.573. The Morgan fingerprint density at radius 1 is 1.73 bits per heavy atom. The normalized spacial score (nSPS) is 18.0. The van der Waals surface area contributed by atoms with Crippen LogP contribution in [0, 0.1) is 0 Å². The lowest BCUT2D eigenvalue weighted by Crippen LogP contribution is -2.36. The Labute approximate surface area is 90.8 Å². The van der Waals surface area contributed by atoms with Crippen LogP contribution in [0.15, 0.2) is 23.5 Å². The van der Waals surface area contributed by atoms with Crippen LogP contribution in [0.3, 0.4) is 0 Å². The summed E-state index contributed by atoms with van der Waals surface area (Å²) in [6.07, 6.45) is 4.50. The second kappa shape index (κ2) is 4.98. The molecule has 0 aliphatic carbocycles. The molecule has 4 heteroatoms. The highest BCUT2D eigenvalue weighted by Gasteiger charge is 2.13. The van der Waals surface area contributed by atoms with Crippen molar-refractivity contribution in [1.82, 2.24) is 10.2 Å². The monoisotopic (exact) mass is 209 g/mol. The Morgan fingerprint density at radius 2 is 2.40 bits per heavy atom. The summed E-state index contributed by atoms with van der Waals surface area (Å²) in [5.41, 5.74) is 6.86.